The summed E-state index contributed by atoms with van der Waals surface area (Å²) in [5.74, 6) is -0.200. The van der Waals surface area contributed by atoms with Crippen LogP contribution in [0.5, 0.6) is 0 Å². The summed E-state index contributed by atoms with van der Waals surface area (Å²) in [6.45, 7) is 1.86. The molecule has 2 atom stereocenters. The van der Waals surface area contributed by atoms with Gasteiger partial charge in [0.2, 0.25) is 5.78 Å². The first kappa shape index (κ1) is 14.1. The molecule has 1 aromatic heterocycles. The topological polar surface area (TPSA) is 77.0 Å². The molecule has 1 aromatic rings. The molecule has 0 saturated heterocycles. The van der Waals surface area contributed by atoms with Crippen molar-refractivity contribution in [2.24, 2.45) is 5.92 Å². The molecule has 0 N–H and O–H groups in total. The Hall–Kier alpha value is -1.30. The number of aromatic nitrogens is 2. The predicted octanol–water partition coefficient (Wildman–Crippen LogP) is 1.57. The zero-order valence-electron chi connectivity index (χ0n) is 11.2. The Morgan fingerprint density at radius 2 is 1.89 bits per heavy atom. The van der Waals surface area contributed by atoms with Crippen molar-refractivity contribution in [3.63, 3.8) is 0 Å². The molecule has 6 heteroatoms. The van der Waals surface area contributed by atoms with Crippen molar-refractivity contribution in [1.29, 1.82) is 0 Å². The van der Waals surface area contributed by atoms with Crippen LogP contribution in [0.4, 0.5) is 0 Å². The Bertz CT molecular complexity index is 566. The largest absolute Gasteiger partial charge is 0.290 e. The number of carbonyl (C=O) groups is 1. The Labute approximate surface area is 113 Å². The number of aryl methyl sites for hydroxylation is 1. The van der Waals surface area contributed by atoms with Gasteiger partial charge in [-0.3, -0.25) is 4.79 Å². The second kappa shape index (κ2) is 5.36. The number of ketones is 1. The molecule has 1 aliphatic carbocycles. The van der Waals surface area contributed by atoms with E-state index in [2.05, 4.69) is 9.97 Å². The van der Waals surface area contributed by atoms with Gasteiger partial charge in [-0.15, -0.1) is 0 Å². The van der Waals surface area contributed by atoms with Crippen molar-refractivity contribution >= 4 is 15.6 Å². The fourth-order valence-electron chi connectivity index (χ4n) is 2.47. The van der Waals surface area contributed by atoms with Gasteiger partial charge >= 0.3 is 0 Å². The summed E-state index contributed by atoms with van der Waals surface area (Å²) in [5.41, 5.74) is 0.897. The summed E-state index contributed by atoms with van der Waals surface area (Å²) in [5, 5.41) is -0.402. The SMILES string of the molecule is Cc1cnc(C(=O)C2CCCC(S(C)(=O)=O)C2)nc1. The molecule has 5 nitrogen and oxygen atoms in total. The number of sulfone groups is 1. The third-order valence-corrected chi connectivity index (χ3v) is 5.24. The lowest BCUT2D eigenvalue weighted by Crippen LogP contribution is -2.31. The maximum atomic E-state index is 12.3. The standard InChI is InChI=1S/C13H18N2O3S/c1-9-7-14-13(15-8-9)12(16)10-4-3-5-11(6-10)19(2,17)18/h7-8,10-11H,3-6H2,1-2H3. The number of carbonyl (C=O) groups excluding carboxylic acids is 1. The van der Waals surface area contributed by atoms with Crippen molar-refractivity contribution in [3.8, 4) is 0 Å². The van der Waals surface area contributed by atoms with Crippen LogP contribution in [0.15, 0.2) is 12.4 Å². The molecule has 0 radical (unpaired) electrons. The highest BCUT2D eigenvalue weighted by atomic mass is 32.2. The van der Waals surface area contributed by atoms with E-state index in [4.69, 9.17) is 0 Å². The van der Waals surface area contributed by atoms with Crippen molar-refractivity contribution in [3.05, 3.63) is 23.8 Å². The molecule has 1 fully saturated rings. The average Bonchev–Trinajstić information content (AvgIpc) is 2.38. The minimum atomic E-state index is -3.07. The number of rotatable bonds is 3. The number of nitrogens with zero attached hydrogens (tertiary/aromatic N) is 2. The highest BCUT2D eigenvalue weighted by Gasteiger charge is 2.33. The number of hydrogen-bond acceptors (Lipinski definition) is 5. The van der Waals surface area contributed by atoms with E-state index in [0.29, 0.717) is 12.8 Å². The number of hydrogen-bond donors (Lipinski definition) is 0. The molecular formula is C13H18N2O3S. The van der Waals surface area contributed by atoms with Crippen LogP contribution in [0.1, 0.15) is 41.9 Å². The molecule has 0 aliphatic heterocycles. The van der Waals surface area contributed by atoms with Gasteiger partial charge in [-0.25, -0.2) is 18.4 Å². The van der Waals surface area contributed by atoms with Crippen LogP contribution < -0.4 is 0 Å². The van der Waals surface area contributed by atoms with Gasteiger partial charge in [-0.05, 0) is 31.7 Å². The van der Waals surface area contributed by atoms with Crippen molar-refractivity contribution in [1.82, 2.24) is 9.97 Å². The van der Waals surface area contributed by atoms with Crippen molar-refractivity contribution in [2.75, 3.05) is 6.26 Å². The minimum Gasteiger partial charge on any atom is -0.290 e. The molecule has 0 amide bonds. The lowest BCUT2D eigenvalue weighted by atomic mass is 9.85. The van der Waals surface area contributed by atoms with Crippen molar-refractivity contribution in [2.45, 2.75) is 37.9 Å². The van der Waals surface area contributed by atoms with E-state index in [0.717, 1.165) is 18.4 Å². The van der Waals surface area contributed by atoms with Gasteiger partial charge in [0.15, 0.2) is 5.82 Å². The highest BCUT2D eigenvalue weighted by Crippen LogP contribution is 2.30. The summed E-state index contributed by atoms with van der Waals surface area (Å²) in [6, 6.07) is 0. The van der Waals surface area contributed by atoms with E-state index in [1.54, 1.807) is 12.4 Å². The second-order valence-electron chi connectivity index (χ2n) is 5.26. The van der Waals surface area contributed by atoms with E-state index in [1.807, 2.05) is 6.92 Å². The summed E-state index contributed by atoms with van der Waals surface area (Å²) >= 11 is 0. The molecule has 0 bridgehead atoms. The summed E-state index contributed by atoms with van der Waals surface area (Å²) in [6.07, 6.45) is 7.00. The van der Waals surface area contributed by atoms with Gasteiger partial charge in [0, 0.05) is 24.6 Å². The first-order chi connectivity index (χ1) is 8.88. The molecule has 0 spiro atoms. The van der Waals surface area contributed by atoms with Gasteiger partial charge in [-0.2, -0.15) is 0 Å². The van der Waals surface area contributed by atoms with Crippen LogP contribution in [0.2, 0.25) is 0 Å². The summed E-state index contributed by atoms with van der Waals surface area (Å²) in [4.78, 5) is 20.3. The van der Waals surface area contributed by atoms with E-state index < -0.39 is 15.1 Å². The predicted molar refractivity (Wildman–Crippen MR) is 71.7 cm³/mol. The van der Waals surface area contributed by atoms with Gasteiger partial charge in [0.25, 0.3) is 0 Å². The lowest BCUT2D eigenvalue weighted by molar-refractivity contribution is 0.0880. The van der Waals surface area contributed by atoms with E-state index in [-0.39, 0.29) is 17.5 Å². The Morgan fingerprint density at radius 1 is 1.26 bits per heavy atom. The highest BCUT2D eigenvalue weighted by molar-refractivity contribution is 7.91. The minimum absolute atomic E-state index is 0.131. The molecule has 1 saturated carbocycles. The maximum Gasteiger partial charge on any atom is 0.203 e. The Kier molecular flexibility index (Phi) is 3.99. The number of Topliss-reactive ketones (excluding diaryl/α,β-unsaturated/α-hetero) is 1. The van der Waals surface area contributed by atoms with Gasteiger partial charge in [0.1, 0.15) is 9.84 Å². The van der Waals surface area contributed by atoms with Crippen molar-refractivity contribution < 1.29 is 13.2 Å². The third kappa shape index (κ3) is 3.37. The fraction of sp³-hybridized carbons (Fsp3) is 0.615. The zero-order valence-corrected chi connectivity index (χ0v) is 12.0. The van der Waals surface area contributed by atoms with Gasteiger partial charge < -0.3 is 0 Å². The van der Waals surface area contributed by atoms with Gasteiger partial charge in [-0.1, -0.05) is 6.42 Å². The van der Waals surface area contributed by atoms with E-state index in [1.165, 1.54) is 6.26 Å². The molecule has 2 rings (SSSR count). The first-order valence-corrected chi connectivity index (χ1v) is 8.35. The van der Waals surface area contributed by atoms with Crippen LogP contribution in [0.25, 0.3) is 0 Å². The van der Waals surface area contributed by atoms with Crippen LogP contribution >= 0.6 is 0 Å². The quantitative estimate of drug-likeness (QED) is 0.786. The first-order valence-electron chi connectivity index (χ1n) is 6.39. The molecule has 2 unspecified atom stereocenters. The smallest absolute Gasteiger partial charge is 0.203 e. The molecule has 19 heavy (non-hydrogen) atoms. The van der Waals surface area contributed by atoms with Crippen LogP contribution in [-0.4, -0.2) is 35.7 Å². The molecular weight excluding hydrogens is 264 g/mol. The van der Waals surface area contributed by atoms with Gasteiger partial charge in [0.05, 0.1) is 5.25 Å². The molecule has 0 aromatic carbocycles. The Morgan fingerprint density at radius 3 is 2.47 bits per heavy atom. The molecule has 1 aliphatic rings. The van der Waals surface area contributed by atoms with E-state index in [9.17, 15) is 13.2 Å². The zero-order chi connectivity index (χ0) is 14.0. The average molecular weight is 282 g/mol. The van der Waals surface area contributed by atoms with E-state index >= 15 is 0 Å². The Balaban J connectivity index is 2.13. The summed E-state index contributed by atoms with van der Waals surface area (Å²) in [7, 11) is -3.07. The summed E-state index contributed by atoms with van der Waals surface area (Å²) < 4.78 is 23.2. The molecule has 104 valence electrons. The molecule has 1 heterocycles. The maximum absolute atomic E-state index is 12.3. The third-order valence-electron chi connectivity index (χ3n) is 3.60. The van der Waals surface area contributed by atoms with Crippen LogP contribution in [-0.2, 0) is 9.84 Å². The monoisotopic (exact) mass is 282 g/mol. The second-order valence-corrected chi connectivity index (χ2v) is 7.59. The fourth-order valence-corrected chi connectivity index (χ4v) is 3.65. The van der Waals surface area contributed by atoms with Crippen LogP contribution in [0.3, 0.4) is 0 Å². The normalized spacial score (nSPS) is 24.1. The lowest BCUT2D eigenvalue weighted by Gasteiger charge is -2.26. The van der Waals surface area contributed by atoms with Crippen LogP contribution in [0, 0.1) is 12.8 Å².